The molecule has 0 aliphatic carbocycles. The lowest BCUT2D eigenvalue weighted by molar-refractivity contribution is -0.136. The van der Waals surface area contributed by atoms with Crippen molar-refractivity contribution in [3.8, 4) is 11.3 Å². The maximum Gasteiger partial charge on any atom is 0.420 e. The number of likely N-dealkylation sites (tertiary alicyclic amines) is 1. The molecule has 1 N–H and O–H groups in total. The monoisotopic (exact) mass is 422 g/mol. The van der Waals surface area contributed by atoms with E-state index in [1.807, 2.05) is 0 Å². The van der Waals surface area contributed by atoms with Crippen molar-refractivity contribution in [2.45, 2.75) is 25.6 Å². The summed E-state index contributed by atoms with van der Waals surface area (Å²) < 4.78 is 55.1. The third-order valence-electron chi connectivity index (χ3n) is 5.24. The number of aromatic nitrogens is 3. The Morgan fingerprint density at radius 1 is 1.23 bits per heavy atom. The van der Waals surface area contributed by atoms with E-state index in [1.54, 1.807) is 6.92 Å². The topological polar surface area (TPSA) is 70.7 Å². The predicted molar refractivity (Wildman–Crippen MR) is 99.1 cm³/mol. The highest BCUT2D eigenvalue weighted by Crippen LogP contribution is 2.34. The number of hydrogen-bond donors (Lipinski definition) is 1. The van der Waals surface area contributed by atoms with Crippen LogP contribution in [-0.2, 0) is 6.18 Å². The molecule has 2 aromatic heterocycles. The van der Waals surface area contributed by atoms with Crippen LogP contribution in [0.1, 0.15) is 29.4 Å². The molecule has 1 saturated heterocycles. The van der Waals surface area contributed by atoms with E-state index in [0.29, 0.717) is 18.5 Å². The minimum atomic E-state index is -4.73. The Morgan fingerprint density at radius 3 is 2.57 bits per heavy atom. The quantitative estimate of drug-likeness (QED) is 0.643. The standard InChI is InChI=1S/C20H18F4N4O2/c1-11-9-27(7-6-17(11)29)19(30)16-10-28-18(25-16)14(20(22,23)24)8-15(26-28)12-2-4-13(21)5-3-12/h2-5,8,10-11,17,29H,6-7,9H2,1H3. The molecule has 0 radical (unpaired) electrons. The molecule has 6 nitrogen and oxygen atoms in total. The van der Waals surface area contributed by atoms with Gasteiger partial charge in [-0.2, -0.15) is 18.3 Å². The number of carbonyl (C=O) groups excluding carboxylic acids is 1. The molecule has 3 heterocycles. The average Bonchev–Trinajstić information content (AvgIpc) is 3.12. The Bertz CT molecular complexity index is 1090. The number of hydrogen-bond acceptors (Lipinski definition) is 4. The minimum absolute atomic E-state index is 0.0269. The summed E-state index contributed by atoms with van der Waals surface area (Å²) in [5.41, 5.74) is -1.42. The lowest BCUT2D eigenvalue weighted by Gasteiger charge is -2.33. The summed E-state index contributed by atoms with van der Waals surface area (Å²) in [6.45, 7) is 2.37. The molecule has 3 aromatic rings. The number of nitrogens with zero attached hydrogens (tertiary/aromatic N) is 4. The largest absolute Gasteiger partial charge is 0.420 e. The van der Waals surface area contributed by atoms with Crippen molar-refractivity contribution in [3.05, 3.63) is 53.6 Å². The first kappa shape index (κ1) is 20.3. The zero-order valence-corrected chi connectivity index (χ0v) is 15.9. The second-order valence-electron chi connectivity index (χ2n) is 7.43. The molecule has 1 aromatic carbocycles. The lowest BCUT2D eigenvalue weighted by Crippen LogP contribution is -2.45. The molecule has 1 amide bonds. The number of piperidine rings is 1. The number of aliphatic hydroxyl groups is 1. The number of fused-ring (bicyclic) bond motifs is 1. The van der Waals surface area contributed by atoms with Crippen LogP contribution in [0.4, 0.5) is 17.6 Å². The Labute approximate surface area is 168 Å². The first-order valence-electron chi connectivity index (χ1n) is 9.34. The van der Waals surface area contributed by atoms with E-state index in [4.69, 9.17) is 0 Å². The highest BCUT2D eigenvalue weighted by atomic mass is 19.4. The molecule has 0 spiro atoms. The summed E-state index contributed by atoms with van der Waals surface area (Å²) in [4.78, 5) is 18.2. The van der Waals surface area contributed by atoms with E-state index in [-0.39, 0.29) is 23.9 Å². The molecule has 10 heteroatoms. The van der Waals surface area contributed by atoms with E-state index < -0.39 is 35.2 Å². The normalized spacial score (nSPS) is 20.0. The van der Waals surface area contributed by atoms with E-state index >= 15 is 0 Å². The van der Waals surface area contributed by atoms with Crippen molar-refractivity contribution in [1.29, 1.82) is 0 Å². The molecule has 2 unspecified atom stereocenters. The van der Waals surface area contributed by atoms with Crippen LogP contribution >= 0.6 is 0 Å². The Kier molecular flexibility index (Phi) is 4.97. The van der Waals surface area contributed by atoms with Crippen molar-refractivity contribution in [2.24, 2.45) is 5.92 Å². The van der Waals surface area contributed by atoms with Gasteiger partial charge in [0.25, 0.3) is 5.91 Å². The number of amides is 1. The highest BCUT2D eigenvalue weighted by Gasteiger charge is 2.36. The number of benzene rings is 1. The Balaban J connectivity index is 1.77. The van der Waals surface area contributed by atoms with Crippen molar-refractivity contribution >= 4 is 11.6 Å². The fourth-order valence-electron chi connectivity index (χ4n) is 3.53. The number of carbonyl (C=O) groups is 1. The van der Waals surface area contributed by atoms with E-state index in [0.717, 1.165) is 28.9 Å². The zero-order valence-electron chi connectivity index (χ0n) is 15.9. The van der Waals surface area contributed by atoms with Crippen molar-refractivity contribution in [2.75, 3.05) is 13.1 Å². The smallest absolute Gasteiger partial charge is 0.393 e. The lowest BCUT2D eigenvalue weighted by atomic mass is 9.96. The van der Waals surface area contributed by atoms with Crippen LogP contribution in [0.3, 0.4) is 0 Å². The average molecular weight is 422 g/mol. The number of aliphatic hydroxyl groups excluding tert-OH is 1. The Morgan fingerprint density at radius 2 is 1.93 bits per heavy atom. The third kappa shape index (κ3) is 3.74. The van der Waals surface area contributed by atoms with Gasteiger partial charge in [0.2, 0.25) is 0 Å². The summed E-state index contributed by atoms with van der Waals surface area (Å²) in [6.07, 6.45) is -3.70. The van der Waals surface area contributed by atoms with Crippen LogP contribution < -0.4 is 0 Å². The number of halogens is 4. The van der Waals surface area contributed by atoms with Crippen molar-refractivity contribution < 1.29 is 27.5 Å². The summed E-state index contributed by atoms with van der Waals surface area (Å²) in [5.74, 6) is -1.18. The predicted octanol–water partition coefficient (Wildman–Crippen LogP) is 3.40. The van der Waals surface area contributed by atoms with Gasteiger partial charge in [-0.15, -0.1) is 0 Å². The maximum atomic E-state index is 13.7. The molecule has 2 atom stereocenters. The van der Waals surface area contributed by atoms with Crippen LogP contribution in [-0.4, -0.2) is 49.7 Å². The molecule has 0 bridgehead atoms. The van der Waals surface area contributed by atoms with Crippen LogP contribution in [0.15, 0.2) is 36.5 Å². The molecule has 0 saturated carbocycles. The summed E-state index contributed by atoms with van der Waals surface area (Å²) >= 11 is 0. The van der Waals surface area contributed by atoms with Gasteiger partial charge in [-0.05, 0) is 42.7 Å². The van der Waals surface area contributed by atoms with Gasteiger partial charge in [0.05, 0.1) is 18.0 Å². The highest BCUT2D eigenvalue weighted by molar-refractivity contribution is 5.93. The number of imidazole rings is 1. The molecule has 158 valence electrons. The van der Waals surface area contributed by atoms with E-state index in [1.165, 1.54) is 17.0 Å². The van der Waals surface area contributed by atoms with E-state index in [2.05, 4.69) is 10.1 Å². The zero-order chi connectivity index (χ0) is 21.6. The van der Waals surface area contributed by atoms with Gasteiger partial charge < -0.3 is 10.0 Å². The summed E-state index contributed by atoms with van der Waals surface area (Å²) in [7, 11) is 0. The van der Waals surface area contributed by atoms with Gasteiger partial charge in [0, 0.05) is 18.7 Å². The van der Waals surface area contributed by atoms with Gasteiger partial charge in [-0.1, -0.05) is 6.92 Å². The van der Waals surface area contributed by atoms with Gasteiger partial charge in [0.15, 0.2) is 5.65 Å². The minimum Gasteiger partial charge on any atom is -0.393 e. The van der Waals surface area contributed by atoms with Gasteiger partial charge >= 0.3 is 6.18 Å². The first-order chi connectivity index (χ1) is 14.1. The second kappa shape index (κ2) is 7.35. The van der Waals surface area contributed by atoms with E-state index in [9.17, 15) is 27.5 Å². The molecule has 4 rings (SSSR count). The van der Waals surface area contributed by atoms with Crippen molar-refractivity contribution in [1.82, 2.24) is 19.5 Å². The van der Waals surface area contributed by atoms with Gasteiger partial charge in [0.1, 0.15) is 17.1 Å². The molecular weight excluding hydrogens is 404 g/mol. The molecule has 1 aliphatic rings. The van der Waals surface area contributed by atoms with Gasteiger partial charge in [-0.25, -0.2) is 13.9 Å². The first-order valence-corrected chi connectivity index (χ1v) is 9.34. The summed E-state index contributed by atoms with van der Waals surface area (Å²) in [6, 6.07) is 5.75. The molecular formula is C20H18F4N4O2. The SMILES string of the molecule is CC1CN(C(=O)c2cn3nc(-c4ccc(F)cc4)cc(C(F)(F)F)c3n2)CCC1O. The molecule has 30 heavy (non-hydrogen) atoms. The second-order valence-corrected chi connectivity index (χ2v) is 7.43. The van der Waals surface area contributed by atoms with Crippen LogP contribution in [0.5, 0.6) is 0 Å². The fourth-order valence-corrected chi connectivity index (χ4v) is 3.53. The summed E-state index contributed by atoms with van der Waals surface area (Å²) in [5, 5.41) is 14.0. The van der Waals surface area contributed by atoms with Crippen LogP contribution in [0.2, 0.25) is 0 Å². The van der Waals surface area contributed by atoms with Crippen LogP contribution in [0, 0.1) is 11.7 Å². The molecule has 1 aliphatic heterocycles. The van der Waals surface area contributed by atoms with Crippen molar-refractivity contribution in [3.63, 3.8) is 0 Å². The number of rotatable bonds is 2. The van der Waals surface area contributed by atoms with Gasteiger partial charge in [-0.3, -0.25) is 4.79 Å². The Hall–Kier alpha value is -3.01. The fraction of sp³-hybridized carbons (Fsp3) is 0.350. The molecule has 1 fully saturated rings. The maximum absolute atomic E-state index is 13.7. The third-order valence-corrected chi connectivity index (χ3v) is 5.24. The van der Waals surface area contributed by atoms with Crippen LogP contribution in [0.25, 0.3) is 16.9 Å². The number of alkyl halides is 3.